The number of rotatable bonds is 2. The highest BCUT2D eigenvalue weighted by Crippen LogP contribution is 2.14. The Morgan fingerprint density at radius 1 is 1.42 bits per heavy atom. The monoisotopic (exact) mass is 205 g/mol. The Labute approximate surface area is 81.6 Å². The molecule has 0 aliphatic heterocycles. The predicted octanol–water partition coefficient (Wildman–Crippen LogP) is 1.05. The lowest BCUT2D eigenvalue weighted by atomic mass is 10.1. The average molecular weight is 206 g/mol. The van der Waals surface area contributed by atoms with E-state index in [1.807, 2.05) is 0 Å². The number of benzene rings is 1. The fourth-order valence-corrected chi connectivity index (χ4v) is 1.000. The SMILES string of the molecule is Cl.O=C([O-])Cc1ccccc1Cl. The van der Waals surface area contributed by atoms with Gasteiger partial charge in [-0.15, -0.1) is 12.4 Å². The smallest absolute Gasteiger partial charge is 0.0458 e. The third-order valence-electron chi connectivity index (χ3n) is 1.29. The molecule has 0 bridgehead atoms. The van der Waals surface area contributed by atoms with E-state index < -0.39 is 5.97 Å². The molecule has 0 aromatic heterocycles. The van der Waals surface area contributed by atoms with Gasteiger partial charge < -0.3 is 9.90 Å². The molecule has 12 heavy (non-hydrogen) atoms. The summed E-state index contributed by atoms with van der Waals surface area (Å²) in [4.78, 5) is 10.2. The number of carbonyl (C=O) groups excluding carboxylic acids is 1. The molecule has 1 aromatic rings. The Balaban J connectivity index is 0.00000121. The van der Waals surface area contributed by atoms with Gasteiger partial charge in [-0.2, -0.15) is 0 Å². The van der Waals surface area contributed by atoms with Gasteiger partial charge in [0.15, 0.2) is 0 Å². The Morgan fingerprint density at radius 2 is 2.00 bits per heavy atom. The number of carboxylic acids is 1. The maximum Gasteiger partial charge on any atom is 0.0458 e. The molecular weight excluding hydrogens is 199 g/mol. The standard InChI is InChI=1S/C8H7ClO2.ClH/c9-7-4-2-1-3-6(7)5-8(10)11;/h1-4H,5H2,(H,10,11);1H/p-1. The van der Waals surface area contributed by atoms with Gasteiger partial charge in [0.2, 0.25) is 0 Å². The predicted molar refractivity (Wildman–Crippen MR) is 47.4 cm³/mol. The second kappa shape index (κ2) is 5.01. The lowest BCUT2D eigenvalue weighted by Gasteiger charge is -2.03. The Kier molecular flexibility index (Phi) is 4.71. The summed E-state index contributed by atoms with van der Waals surface area (Å²) in [5.41, 5.74) is 0.592. The van der Waals surface area contributed by atoms with Gasteiger partial charge in [0, 0.05) is 17.4 Å². The molecule has 1 rings (SSSR count). The molecule has 0 radical (unpaired) electrons. The molecule has 0 unspecified atom stereocenters. The van der Waals surface area contributed by atoms with Gasteiger partial charge in [0.1, 0.15) is 0 Å². The van der Waals surface area contributed by atoms with Crippen LogP contribution >= 0.6 is 24.0 Å². The topological polar surface area (TPSA) is 40.1 Å². The number of aliphatic carboxylic acids is 1. The van der Waals surface area contributed by atoms with E-state index in [0.717, 1.165) is 0 Å². The van der Waals surface area contributed by atoms with Gasteiger partial charge in [0.05, 0.1) is 0 Å². The molecule has 0 heterocycles. The maximum atomic E-state index is 10.2. The van der Waals surface area contributed by atoms with Crippen molar-refractivity contribution in [3.63, 3.8) is 0 Å². The van der Waals surface area contributed by atoms with E-state index in [9.17, 15) is 9.90 Å². The molecule has 0 atom stereocenters. The summed E-state index contributed by atoms with van der Waals surface area (Å²) in [7, 11) is 0. The summed E-state index contributed by atoms with van der Waals surface area (Å²) < 4.78 is 0. The van der Waals surface area contributed by atoms with E-state index in [1.54, 1.807) is 24.3 Å². The van der Waals surface area contributed by atoms with E-state index in [4.69, 9.17) is 11.6 Å². The van der Waals surface area contributed by atoms with E-state index in [0.29, 0.717) is 10.6 Å². The van der Waals surface area contributed by atoms with Crippen molar-refractivity contribution in [1.82, 2.24) is 0 Å². The second-order valence-electron chi connectivity index (χ2n) is 2.14. The van der Waals surface area contributed by atoms with Crippen LogP contribution in [0.4, 0.5) is 0 Å². The van der Waals surface area contributed by atoms with E-state index in [2.05, 4.69) is 0 Å². The van der Waals surface area contributed by atoms with Crippen LogP contribution in [-0.2, 0) is 11.2 Å². The quantitative estimate of drug-likeness (QED) is 0.725. The Hall–Kier alpha value is -0.730. The summed E-state index contributed by atoms with van der Waals surface area (Å²) >= 11 is 5.68. The first-order valence-corrected chi connectivity index (χ1v) is 3.51. The molecule has 0 saturated heterocycles. The minimum atomic E-state index is -1.11. The van der Waals surface area contributed by atoms with Crippen LogP contribution in [0.3, 0.4) is 0 Å². The molecular formula is C8H7Cl2O2-. The molecule has 1 aromatic carbocycles. The number of hydrogen-bond acceptors (Lipinski definition) is 2. The van der Waals surface area contributed by atoms with Crippen LogP contribution in [0.1, 0.15) is 5.56 Å². The molecule has 0 saturated carbocycles. The van der Waals surface area contributed by atoms with Crippen molar-refractivity contribution < 1.29 is 9.90 Å². The first-order chi connectivity index (χ1) is 5.20. The van der Waals surface area contributed by atoms with E-state index >= 15 is 0 Å². The highest BCUT2D eigenvalue weighted by atomic mass is 35.5. The van der Waals surface area contributed by atoms with Crippen LogP contribution in [0, 0.1) is 0 Å². The molecule has 66 valence electrons. The maximum absolute atomic E-state index is 10.2. The average Bonchev–Trinajstić information content (AvgIpc) is 1.93. The lowest BCUT2D eigenvalue weighted by molar-refractivity contribution is -0.304. The van der Waals surface area contributed by atoms with Crippen molar-refractivity contribution in [2.45, 2.75) is 6.42 Å². The van der Waals surface area contributed by atoms with Gasteiger partial charge in [0.25, 0.3) is 0 Å². The molecule has 4 heteroatoms. The Morgan fingerprint density at radius 3 is 2.50 bits per heavy atom. The summed E-state index contributed by atoms with van der Waals surface area (Å²) in [5.74, 6) is -1.11. The zero-order valence-corrected chi connectivity index (χ0v) is 7.69. The van der Waals surface area contributed by atoms with Crippen molar-refractivity contribution in [2.75, 3.05) is 0 Å². The highest BCUT2D eigenvalue weighted by molar-refractivity contribution is 6.31. The third-order valence-corrected chi connectivity index (χ3v) is 1.66. The van der Waals surface area contributed by atoms with E-state index in [1.165, 1.54) is 0 Å². The van der Waals surface area contributed by atoms with Crippen LogP contribution in [0.15, 0.2) is 24.3 Å². The van der Waals surface area contributed by atoms with Gasteiger partial charge >= 0.3 is 0 Å². The van der Waals surface area contributed by atoms with Gasteiger partial charge in [-0.1, -0.05) is 29.8 Å². The summed E-state index contributed by atoms with van der Waals surface area (Å²) in [6.07, 6.45) is -0.125. The highest BCUT2D eigenvalue weighted by Gasteiger charge is 1.97. The van der Waals surface area contributed by atoms with E-state index in [-0.39, 0.29) is 18.8 Å². The second-order valence-corrected chi connectivity index (χ2v) is 2.55. The summed E-state index contributed by atoms with van der Waals surface area (Å²) in [5, 5.41) is 10.6. The van der Waals surface area contributed by atoms with Crippen molar-refractivity contribution in [2.24, 2.45) is 0 Å². The number of halogens is 2. The number of carbonyl (C=O) groups is 1. The Bertz CT molecular complexity index is 274. The van der Waals surface area contributed by atoms with Crippen LogP contribution < -0.4 is 5.11 Å². The molecule has 0 spiro atoms. The first-order valence-electron chi connectivity index (χ1n) is 3.13. The molecule has 0 N–H and O–H groups in total. The summed E-state index contributed by atoms with van der Waals surface area (Å²) in [6, 6.07) is 6.81. The summed E-state index contributed by atoms with van der Waals surface area (Å²) in [6.45, 7) is 0. The van der Waals surface area contributed by atoms with Crippen molar-refractivity contribution in [3.8, 4) is 0 Å². The minimum absolute atomic E-state index is 0. The van der Waals surface area contributed by atoms with Crippen LogP contribution in [0.5, 0.6) is 0 Å². The molecule has 0 aliphatic rings. The zero-order valence-electron chi connectivity index (χ0n) is 6.12. The third kappa shape index (κ3) is 3.11. The minimum Gasteiger partial charge on any atom is -0.550 e. The van der Waals surface area contributed by atoms with Crippen molar-refractivity contribution in [3.05, 3.63) is 34.9 Å². The largest absolute Gasteiger partial charge is 0.550 e. The van der Waals surface area contributed by atoms with Crippen LogP contribution in [0.25, 0.3) is 0 Å². The zero-order chi connectivity index (χ0) is 8.27. The normalized spacial score (nSPS) is 8.75. The van der Waals surface area contributed by atoms with Crippen molar-refractivity contribution in [1.29, 1.82) is 0 Å². The number of carboxylic acid groups (broad SMARTS) is 1. The first kappa shape index (κ1) is 11.3. The molecule has 0 aliphatic carbocycles. The molecule has 0 fully saturated rings. The van der Waals surface area contributed by atoms with Crippen molar-refractivity contribution >= 4 is 30.0 Å². The van der Waals surface area contributed by atoms with Gasteiger partial charge in [-0.05, 0) is 11.6 Å². The van der Waals surface area contributed by atoms with Crippen LogP contribution in [0.2, 0.25) is 5.02 Å². The molecule has 2 nitrogen and oxygen atoms in total. The number of hydrogen-bond donors (Lipinski definition) is 0. The molecule has 0 amide bonds. The fourth-order valence-electron chi connectivity index (χ4n) is 0.797. The van der Waals surface area contributed by atoms with Gasteiger partial charge in [-0.3, -0.25) is 0 Å². The fraction of sp³-hybridized carbons (Fsp3) is 0.125. The van der Waals surface area contributed by atoms with Crippen LogP contribution in [-0.4, -0.2) is 5.97 Å². The van der Waals surface area contributed by atoms with Gasteiger partial charge in [-0.25, -0.2) is 0 Å². The lowest BCUT2D eigenvalue weighted by Crippen LogP contribution is -2.24.